The van der Waals surface area contributed by atoms with E-state index in [2.05, 4.69) is 20.6 Å². The summed E-state index contributed by atoms with van der Waals surface area (Å²) in [6, 6.07) is -1.67. The van der Waals surface area contributed by atoms with Gasteiger partial charge in [0.15, 0.2) is 0 Å². The Morgan fingerprint density at radius 1 is 1.48 bits per heavy atom. The normalized spacial score (nSPS) is 23.3. The summed E-state index contributed by atoms with van der Waals surface area (Å²) >= 11 is 0. The number of aromatic amines is 1. The van der Waals surface area contributed by atoms with Gasteiger partial charge in [-0.15, -0.1) is 0 Å². The van der Waals surface area contributed by atoms with Gasteiger partial charge in [0.25, 0.3) is 0 Å². The minimum atomic E-state index is -1.09. The molecule has 1 aliphatic rings. The van der Waals surface area contributed by atoms with E-state index in [0.717, 1.165) is 25.7 Å². The van der Waals surface area contributed by atoms with Crippen LogP contribution in [0.5, 0.6) is 0 Å². The fourth-order valence-electron chi connectivity index (χ4n) is 2.52. The van der Waals surface area contributed by atoms with Crippen LogP contribution in [0.1, 0.15) is 31.4 Å². The lowest BCUT2D eigenvalue weighted by atomic mass is 9.91. The van der Waals surface area contributed by atoms with E-state index in [1.807, 2.05) is 0 Å². The highest BCUT2D eigenvalue weighted by molar-refractivity contribution is 5.82. The Morgan fingerprint density at radius 3 is 2.86 bits per heavy atom. The summed E-state index contributed by atoms with van der Waals surface area (Å²) in [5.74, 6) is -1.09. The van der Waals surface area contributed by atoms with Gasteiger partial charge in [0, 0.05) is 30.4 Å². The molecule has 0 aliphatic heterocycles. The molecule has 0 saturated heterocycles. The van der Waals surface area contributed by atoms with E-state index >= 15 is 0 Å². The molecular formula is C13H21N5O3. The van der Waals surface area contributed by atoms with Crippen molar-refractivity contribution in [2.24, 2.45) is 5.73 Å². The minimum absolute atomic E-state index is 0.0691. The number of hydrogen-bond donors (Lipinski definition) is 5. The molecule has 1 saturated carbocycles. The quantitative estimate of drug-likeness (QED) is 0.520. The highest BCUT2D eigenvalue weighted by atomic mass is 16.4. The number of H-pyrrole nitrogens is 1. The number of aliphatic carboxylic acids is 1. The fourth-order valence-corrected chi connectivity index (χ4v) is 2.52. The predicted octanol–water partition coefficient (Wildman–Crippen LogP) is -0.0255. The topological polar surface area (TPSA) is 133 Å². The molecule has 1 aromatic rings. The fraction of sp³-hybridized carbons (Fsp3) is 0.615. The number of carboxylic acids is 1. The molecule has 0 spiro atoms. The Bertz CT molecular complexity index is 476. The lowest BCUT2D eigenvalue weighted by Crippen LogP contribution is -2.55. The van der Waals surface area contributed by atoms with Gasteiger partial charge >= 0.3 is 12.0 Å². The van der Waals surface area contributed by atoms with Gasteiger partial charge in [0.05, 0.1) is 6.33 Å². The molecular weight excluding hydrogens is 274 g/mol. The van der Waals surface area contributed by atoms with Crippen LogP contribution in [0.25, 0.3) is 0 Å². The third kappa shape index (κ3) is 4.45. The second-order valence-electron chi connectivity index (χ2n) is 5.34. The summed E-state index contributed by atoms with van der Waals surface area (Å²) < 4.78 is 0. The molecule has 0 bridgehead atoms. The predicted molar refractivity (Wildman–Crippen MR) is 75.6 cm³/mol. The van der Waals surface area contributed by atoms with Crippen molar-refractivity contribution in [3.8, 4) is 0 Å². The first-order valence-electron chi connectivity index (χ1n) is 7.09. The van der Waals surface area contributed by atoms with Crippen LogP contribution in [0.2, 0.25) is 0 Å². The van der Waals surface area contributed by atoms with E-state index in [1.165, 1.54) is 12.5 Å². The first-order chi connectivity index (χ1) is 10.1. The number of hydrogen-bond acceptors (Lipinski definition) is 4. The first kappa shape index (κ1) is 15.3. The minimum Gasteiger partial charge on any atom is -0.480 e. The Balaban J connectivity index is 1.87. The van der Waals surface area contributed by atoms with Crippen molar-refractivity contribution in [2.75, 3.05) is 0 Å². The van der Waals surface area contributed by atoms with Gasteiger partial charge in [-0.3, -0.25) is 0 Å². The molecule has 3 atom stereocenters. The number of nitrogens with two attached hydrogens (primary N) is 1. The lowest BCUT2D eigenvalue weighted by molar-refractivity contribution is -0.139. The number of urea groups is 1. The van der Waals surface area contributed by atoms with E-state index in [0.29, 0.717) is 5.69 Å². The SMILES string of the molecule is NC1CCCCC1NC(=O)N[C@H](Cc1cnc[nH]1)C(=O)O. The monoisotopic (exact) mass is 295 g/mol. The summed E-state index contributed by atoms with van der Waals surface area (Å²) in [4.78, 5) is 29.8. The number of rotatable bonds is 5. The number of aromatic nitrogens is 2. The second-order valence-corrected chi connectivity index (χ2v) is 5.34. The van der Waals surface area contributed by atoms with Crippen LogP contribution in [0.15, 0.2) is 12.5 Å². The van der Waals surface area contributed by atoms with Crippen LogP contribution in [0.4, 0.5) is 4.79 Å². The molecule has 2 unspecified atom stereocenters. The molecule has 8 nitrogen and oxygen atoms in total. The third-order valence-electron chi connectivity index (χ3n) is 3.72. The van der Waals surface area contributed by atoms with Crippen molar-refractivity contribution < 1.29 is 14.7 Å². The summed E-state index contributed by atoms with van der Waals surface area (Å²) in [7, 11) is 0. The number of amides is 2. The van der Waals surface area contributed by atoms with Crippen LogP contribution in [-0.4, -0.2) is 45.2 Å². The average molecular weight is 295 g/mol. The Hall–Kier alpha value is -2.09. The summed E-state index contributed by atoms with van der Waals surface area (Å²) in [6.07, 6.45) is 6.95. The number of imidazole rings is 1. The Labute approximate surface area is 122 Å². The average Bonchev–Trinajstić information content (AvgIpc) is 2.93. The highest BCUT2D eigenvalue weighted by Crippen LogP contribution is 2.16. The molecule has 21 heavy (non-hydrogen) atoms. The zero-order chi connectivity index (χ0) is 15.2. The lowest BCUT2D eigenvalue weighted by Gasteiger charge is -2.29. The molecule has 116 valence electrons. The number of carbonyl (C=O) groups excluding carboxylic acids is 1. The molecule has 2 rings (SSSR count). The standard InChI is InChI=1S/C13H21N5O3/c14-9-3-1-2-4-10(9)17-13(21)18-11(12(19)20)5-8-6-15-7-16-8/h6-7,9-11H,1-5,14H2,(H,15,16)(H,19,20)(H2,17,18,21)/t9?,10?,11-/m1/s1. The van der Waals surface area contributed by atoms with E-state index in [4.69, 9.17) is 5.73 Å². The van der Waals surface area contributed by atoms with E-state index in [-0.39, 0.29) is 18.5 Å². The van der Waals surface area contributed by atoms with Crippen LogP contribution < -0.4 is 16.4 Å². The smallest absolute Gasteiger partial charge is 0.326 e. The number of nitrogens with zero attached hydrogens (tertiary/aromatic N) is 1. The molecule has 0 radical (unpaired) electrons. The maximum absolute atomic E-state index is 11.9. The van der Waals surface area contributed by atoms with Crippen LogP contribution in [-0.2, 0) is 11.2 Å². The maximum Gasteiger partial charge on any atom is 0.326 e. The molecule has 6 N–H and O–H groups in total. The molecule has 1 aliphatic carbocycles. The molecule has 0 aromatic carbocycles. The molecule has 8 heteroatoms. The number of carboxylic acid groups (broad SMARTS) is 1. The van der Waals surface area contributed by atoms with E-state index in [1.54, 1.807) is 0 Å². The van der Waals surface area contributed by atoms with Gasteiger partial charge in [0.1, 0.15) is 6.04 Å². The Kier molecular flexibility index (Phi) is 5.15. The van der Waals surface area contributed by atoms with Gasteiger partial charge in [-0.05, 0) is 12.8 Å². The van der Waals surface area contributed by atoms with Gasteiger partial charge < -0.3 is 26.5 Å². The summed E-state index contributed by atoms with van der Waals surface area (Å²) in [5, 5.41) is 14.4. The van der Waals surface area contributed by atoms with Gasteiger partial charge in [-0.1, -0.05) is 12.8 Å². The molecule has 1 fully saturated rings. The zero-order valence-electron chi connectivity index (χ0n) is 11.7. The van der Waals surface area contributed by atoms with Crippen LogP contribution >= 0.6 is 0 Å². The highest BCUT2D eigenvalue weighted by Gasteiger charge is 2.26. The van der Waals surface area contributed by atoms with E-state index in [9.17, 15) is 14.7 Å². The zero-order valence-corrected chi connectivity index (χ0v) is 11.7. The second kappa shape index (κ2) is 7.07. The summed E-state index contributed by atoms with van der Waals surface area (Å²) in [6.45, 7) is 0. The van der Waals surface area contributed by atoms with Crippen molar-refractivity contribution >= 4 is 12.0 Å². The third-order valence-corrected chi connectivity index (χ3v) is 3.72. The number of carbonyl (C=O) groups is 2. The van der Waals surface area contributed by atoms with Gasteiger partial charge in [-0.25, -0.2) is 14.6 Å². The van der Waals surface area contributed by atoms with Crippen molar-refractivity contribution in [3.63, 3.8) is 0 Å². The van der Waals surface area contributed by atoms with Crippen LogP contribution in [0, 0.1) is 0 Å². The van der Waals surface area contributed by atoms with Gasteiger partial charge in [-0.2, -0.15) is 0 Å². The molecule has 1 aromatic heterocycles. The Morgan fingerprint density at radius 2 is 2.24 bits per heavy atom. The van der Waals surface area contributed by atoms with Crippen molar-refractivity contribution in [1.82, 2.24) is 20.6 Å². The van der Waals surface area contributed by atoms with Crippen molar-refractivity contribution in [2.45, 2.75) is 50.2 Å². The molecule has 2 amide bonds. The van der Waals surface area contributed by atoms with Crippen molar-refractivity contribution in [1.29, 1.82) is 0 Å². The maximum atomic E-state index is 11.9. The first-order valence-corrected chi connectivity index (χ1v) is 7.09. The summed E-state index contributed by atoms with van der Waals surface area (Å²) in [5.41, 5.74) is 6.61. The van der Waals surface area contributed by atoms with E-state index < -0.39 is 18.0 Å². The largest absolute Gasteiger partial charge is 0.480 e. The molecule has 1 heterocycles. The number of nitrogens with one attached hydrogen (secondary N) is 3. The van der Waals surface area contributed by atoms with Crippen molar-refractivity contribution in [3.05, 3.63) is 18.2 Å². The van der Waals surface area contributed by atoms with Gasteiger partial charge in [0.2, 0.25) is 0 Å². The van der Waals surface area contributed by atoms with Crippen LogP contribution in [0.3, 0.4) is 0 Å².